The number of hydrogen-bond donors (Lipinski definition) is 3. The Morgan fingerprint density at radius 1 is 1.11 bits per heavy atom. The molecular formula is C27H25N5O5. The first-order valence-corrected chi connectivity index (χ1v) is 11.4. The number of fused-ring (bicyclic) bond motifs is 1. The number of hydrogen-bond acceptors (Lipinski definition) is 6. The maximum Gasteiger partial charge on any atom is 0.421 e. The fourth-order valence-electron chi connectivity index (χ4n) is 3.94. The molecule has 10 nitrogen and oxygen atoms in total. The molecular weight excluding hydrogens is 474 g/mol. The van der Waals surface area contributed by atoms with Gasteiger partial charge in [0.2, 0.25) is 0 Å². The Balaban J connectivity index is 1.50. The Morgan fingerprint density at radius 2 is 1.86 bits per heavy atom. The largest absolute Gasteiger partial charge is 0.480 e. The molecule has 2 heterocycles. The summed E-state index contributed by atoms with van der Waals surface area (Å²) in [5.41, 5.74) is 8.32. The predicted molar refractivity (Wildman–Crippen MR) is 138 cm³/mol. The van der Waals surface area contributed by atoms with E-state index < -0.39 is 18.6 Å². The van der Waals surface area contributed by atoms with E-state index in [4.69, 9.17) is 15.9 Å². The van der Waals surface area contributed by atoms with Gasteiger partial charge >= 0.3 is 12.1 Å². The molecule has 188 valence electrons. The second kappa shape index (κ2) is 10.7. The number of nitrogens with zero attached hydrogens (tertiary/aromatic N) is 3. The van der Waals surface area contributed by atoms with Crippen molar-refractivity contribution >= 4 is 40.4 Å². The van der Waals surface area contributed by atoms with Crippen LogP contribution in [0, 0.1) is 5.41 Å². The highest BCUT2D eigenvalue weighted by Crippen LogP contribution is 2.27. The monoisotopic (exact) mass is 499 g/mol. The Morgan fingerprint density at radius 3 is 2.51 bits per heavy atom. The SMILES string of the molecule is Cn1cc(C(=O)CCc2ccc(C(=N)N)cc2)c2ccc(OC(=O)N(CC(=O)O)c3ccccn3)cc21. The highest BCUT2D eigenvalue weighted by atomic mass is 16.6. The molecule has 0 spiro atoms. The molecule has 0 aliphatic rings. The number of nitrogens with one attached hydrogen (secondary N) is 1. The Labute approximate surface area is 212 Å². The van der Waals surface area contributed by atoms with Gasteiger partial charge in [0.05, 0.1) is 5.52 Å². The first-order chi connectivity index (χ1) is 17.7. The van der Waals surface area contributed by atoms with Gasteiger partial charge in [-0.2, -0.15) is 0 Å². The van der Waals surface area contributed by atoms with Crippen LogP contribution in [0.5, 0.6) is 5.75 Å². The molecule has 0 unspecified atom stereocenters. The van der Waals surface area contributed by atoms with Gasteiger partial charge in [-0.15, -0.1) is 0 Å². The number of rotatable bonds is 9. The summed E-state index contributed by atoms with van der Waals surface area (Å²) in [7, 11) is 1.79. The van der Waals surface area contributed by atoms with E-state index in [9.17, 15) is 19.5 Å². The Hall–Kier alpha value is -4.99. The van der Waals surface area contributed by atoms with E-state index >= 15 is 0 Å². The average molecular weight is 500 g/mol. The summed E-state index contributed by atoms with van der Waals surface area (Å²) in [6, 6.07) is 16.9. The van der Waals surface area contributed by atoms with Crippen molar-refractivity contribution in [3.8, 4) is 5.75 Å². The number of carboxylic acid groups (broad SMARTS) is 1. The van der Waals surface area contributed by atoms with Crippen LogP contribution in [0.2, 0.25) is 0 Å². The lowest BCUT2D eigenvalue weighted by atomic mass is 10.0. The zero-order chi connectivity index (χ0) is 26.5. The number of carboxylic acids is 1. The summed E-state index contributed by atoms with van der Waals surface area (Å²) < 4.78 is 7.23. The van der Waals surface area contributed by atoms with Crippen molar-refractivity contribution in [2.45, 2.75) is 12.8 Å². The molecule has 0 atom stereocenters. The average Bonchev–Trinajstić information content (AvgIpc) is 3.22. The number of amidine groups is 1. The minimum atomic E-state index is -1.21. The number of carbonyl (C=O) groups excluding carboxylic acids is 2. The number of aliphatic carboxylic acids is 1. The smallest absolute Gasteiger partial charge is 0.421 e. The molecule has 1 amide bonds. The zero-order valence-electron chi connectivity index (χ0n) is 20.0. The molecule has 37 heavy (non-hydrogen) atoms. The number of aromatic nitrogens is 2. The van der Waals surface area contributed by atoms with E-state index in [-0.39, 0.29) is 23.2 Å². The van der Waals surface area contributed by atoms with Gasteiger partial charge in [0.25, 0.3) is 0 Å². The van der Waals surface area contributed by atoms with Crippen molar-refractivity contribution in [2.75, 3.05) is 11.4 Å². The second-order valence-corrected chi connectivity index (χ2v) is 8.40. The molecule has 0 fully saturated rings. The van der Waals surface area contributed by atoms with E-state index in [0.29, 0.717) is 34.9 Å². The molecule has 0 aliphatic carbocycles. The van der Waals surface area contributed by atoms with Crippen LogP contribution in [0.15, 0.2) is 73.1 Å². The number of nitrogen functional groups attached to an aromatic ring is 1. The molecule has 4 N–H and O–H groups in total. The van der Waals surface area contributed by atoms with Gasteiger partial charge in [0, 0.05) is 48.4 Å². The minimum Gasteiger partial charge on any atom is -0.480 e. The van der Waals surface area contributed by atoms with Gasteiger partial charge in [-0.05, 0) is 36.2 Å². The van der Waals surface area contributed by atoms with Gasteiger partial charge in [-0.3, -0.25) is 15.0 Å². The third-order valence-corrected chi connectivity index (χ3v) is 5.81. The van der Waals surface area contributed by atoms with Crippen molar-refractivity contribution in [3.63, 3.8) is 0 Å². The van der Waals surface area contributed by atoms with Gasteiger partial charge in [0.15, 0.2) is 5.78 Å². The van der Waals surface area contributed by atoms with Crippen molar-refractivity contribution in [2.24, 2.45) is 12.8 Å². The number of ketones is 1. The summed E-state index contributed by atoms with van der Waals surface area (Å²) in [6.45, 7) is -0.613. The Bertz CT molecular complexity index is 1480. The van der Waals surface area contributed by atoms with Gasteiger partial charge in [0.1, 0.15) is 23.9 Å². The van der Waals surface area contributed by atoms with Gasteiger partial charge in [-0.25, -0.2) is 14.7 Å². The van der Waals surface area contributed by atoms with Gasteiger partial charge in [-0.1, -0.05) is 30.3 Å². The maximum atomic E-state index is 13.0. The predicted octanol–water partition coefficient (Wildman–Crippen LogP) is 3.76. The fourth-order valence-corrected chi connectivity index (χ4v) is 3.94. The first-order valence-electron chi connectivity index (χ1n) is 11.4. The van der Waals surface area contributed by atoms with Crippen LogP contribution in [0.1, 0.15) is 27.9 Å². The molecule has 0 radical (unpaired) electrons. The number of Topliss-reactive ketones (excluding diaryl/α,β-unsaturated/α-hetero) is 1. The van der Waals surface area contributed by atoms with Crippen LogP contribution in [0.25, 0.3) is 10.9 Å². The number of benzene rings is 2. The van der Waals surface area contributed by atoms with Crippen molar-refractivity contribution in [1.29, 1.82) is 5.41 Å². The Kier molecular flexibility index (Phi) is 7.28. The van der Waals surface area contributed by atoms with E-state index in [0.717, 1.165) is 10.5 Å². The molecule has 0 aliphatic heterocycles. The minimum absolute atomic E-state index is 0.00485. The van der Waals surface area contributed by atoms with Crippen LogP contribution in [0.4, 0.5) is 10.6 Å². The summed E-state index contributed by atoms with van der Waals surface area (Å²) >= 11 is 0. The van der Waals surface area contributed by atoms with E-state index in [1.54, 1.807) is 60.3 Å². The number of aryl methyl sites for hydroxylation is 2. The van der Waals surface area contributed by atoms with Crippen molar-refractivity contribution in [1.82, 2.24) is 9.55 Å². The van der Waals surface area contributed by atoms with E-state index in [1.807, 2.05) is 12.1 Å². The summed E-state index contributed by atoms with van der Waals surface area (Å²) in [4.78, 5) is 42.0. The molecule has 2 aromatic carbocycles. The number of pyridine rings is 1. The standard InChI is InChI=1S/C27H25N5O5/c1-31-15-21(23(33)12-7-17-5-8-18(9-6-17)26(28)29)20-11-10-19(14-22(20)31)37-27(36)32(16-25(34)35)24-4-2-3-13-30-24/h2-6,8-11,13-15H,7,12,16H2,1H3,(H3,28,29)(H,34,35). The molecule has 0 saturated carbocycles. The van der Waals surface area contributed by atoms with Crippen LogP contribution in [0.3, 0.4) is 0 Å². The van der Waals surface area contributed by atoms with E-state index in [2.05, 4.69) is 4.98 Å². The van der Waals surface area contributed by atoms with Gasteiger partial charge < -0.3 is 20.1 Å². The normalized spacial score (nSPS) is 10.7. The summed E-state index contributed by atoms with van der Waals surface area (Å²) in [5, 5.41) is 17.4. The first kappa shape index (κ1) is 25.1. The molecule has 4 rings (SSSR count). The number of ether oxygens (including phenoxy) is 1. The third-order valence-electron chi connectivity index (χ3n) is 5.81. The zero-order valence-corrected chi connectivity index (χ0v) is 20.0. The third kappa shape index (κ3) is 5.81. The van der Waals surface area contributed by atoms with Crippen molar-refractivity contribution < 1.29 is 24.2 Å². The molecule has 0 saturated heterocycles. The summed E-state index contributed by atoms with van der Waals surface area (Å²) in [5.74, 6) is -0.893. The lowest BCUT2D eigenvalue weighted by Crippen LogP contribution is -2.38. The van der Waals surface area contributed by atoms with Crippen LogP contribution < -0.4 is 15.4 Å². The lowest BCUT2D eigenvalue weighted by Gasteiger charge is -2.19. The number of nitrogens with two attached hydrogens (primary N) is 1. The van der Waals surface area contributed by atoms with Crippen LogP contribution in [-0.2, 0) is 18.3 Å². The summed E-state index contributed by atoms with van der Waals surface area (Å²) in [6.07, 6.45) is 3.14. The topological polar surface area (TPSA) is 152 Å². The molecule has 4 aromatic rings. The van der Waals surface area contributed by atoms with Crippen molar-refractivity contribution in [3.05, 3.63) is 89.7 Å². The highest BCUT2D eigenvalue weighted by Gasteiger charge is 2.23. The maximum absolute atomic E-state index is 13.0. The quantitative estimate of drug-likeness (QED) is 0.180. The number of amides is 1. The van der Waals surface area contributed by atoms with Crippen LogP contribution >= 0.6 is 0 Å². The lowest BCUT2D eigenvalue weighted by molar-refractivity contribution is -0.135. The highest BCUT2D eigenvalue weighted by molar-refractivity contribution is 6.08. The van der Waals surface area contributed by atoms with Crippen LogP contribution in [-0.4, -0.2) is 44.9 Å². The molecule has 0 bridgehead atoms. The molecule has 10 heteroatoms. The molecule has 2 aromatic heterocycles. The fraction of sp³-hybridized carbons (Fsp3) is 0.148. The number of carbonyl (C=O) groups is 3. The number of anilines is 1. The van der Waals surface area contributed by atoms with E-state index in [1.165, 1.54) is 12.3 Å². The second-order valence-electron chi connectivity index (χ2n) is 8.40.